The largest absolute Gasteiger partial charge is 0.497 e. The van der Waals surface area contributed by atoms with Crippen molar-refractivity contribution in [3.63, 3.8) is 0 Å². The lowest BCUT2D eigenvalue weighted by atomic mass is 9.87. The van der Waals surface area contributed by atoms with Crippen molar-refractivity contribution in [2.45, 2.75) is 12.5 Å². The number of carbonyl (C=O) groups excluding carboxylic acids is 1. The fourth-order valence-electron chi connectivity index (χ4n) is 4.13. The Morgan fingerprint density at radius 3 is 2.25 bits per heavy atom. The van der Waals surface area contributed by atoms with E-state index in [4.69, 9.17) is 14.2 Å². The van der Waals surface area contributed by atoms with Crippen LogP contribution in [0.4, 0.5) is 8.78 Å². The second-order valence-corrected chi connectivity index (χ2v) is 7.45. The van der Waals surface area contributed by atoms with E-state index in [9.17, 15) is 13.6 Å². The summed E-state index contributed by atoms with van der Waals surface area (Å²) in [4.78, 5) is 15.0. The van der Waals surface area contributed by atoms with Crippen molar-refractivity contribution in [3.05, 3.63) is 88.5 Å². The fourth-order valence-corrected chi connectivity index (χ4v) is 4.13. The van der Waals surface area contributed by atoms with Crippen molar-refractivity contribution >= 4 is 5.91 Å². The summed E-state index contributed by atoms with van der Waals surface area (Å²) < 4.78 is 44.4. The number of rotatable bonds is 5. The highest BCUT2D eigenvalue weighted by Gasteiger charge is 2.35. The molecule has 0 unspecified atom stereocenters. The third kappa shape index (κ3) is 3.86. The highest BCUT2D eigenvalue weighted by atomic mass is 19.1. The molecule has 0 fully saturated rings. The third-order valence-electron chi connectivity index (χ3n) is 5.72. The molecule has 0 saturated heterocycles. The summed E-state index contributed by atoms with van der Waals surface area (Å²) in [5, 5.41) is 0. The molecule has 3 aromatic carbocycles. The molecular formula is C25H23F2NO4. The van der Waals surface area contributed by atoms with Crippen LogP contribution >= 0.6 is 0 Å². The zero-order valence-corrected chi connectivity index (χ0v) is 18.0. The number of halogens is 2. The zero-order chi connectivity index (χ0) is 22.8. The minimum Gasteiger partial charge on any atom is -0.497 e. The Morgan fingerprint density at radius 1 is 0.906 bits per heavy atom. The van der Waals surface area contributed by atoms with Crippen molar-refractivity contribution in [1.82, 2.24) is 4.90 Å². The van der Waals surface area contributed by atoms with Crippen molar-refractivity contribution < 1.29 is 27.8 Å². The van der Waals surface area contributed by atoms with Crippen molar-refractivity contribution in [2.24, 2.45) is 0 Å². The molecule has 7 heteroatoms. The maximum Gasteiger partial charge on any atom is 0.257 e. The van der Waals surface area contributed by atoms with Gasteiger partial charge in [-0.05, 0) is 65.6 Å². The summed E-state index contributed by atoms with van der Waals surface area (Å²) in [7, 11) is 4.68. The van der Waals surface area contributed by atoms with Crippen LogP contribution in [0.5, 0.6) is 17.2 Å². The van der Waals surface area contributed by atoms with Crippen LogP contribution in [0, 0.1) is 11.6 Å². The molecule has 1 aliphatic rings. The Balaban J connectivity index is 1.86. The van der Waals surface area contributed by atoms with Gasteiger partial charge >= 0.3 is 0 Å². The molecule has 0 aromatic heterocycles. The van der Waals surface area contributed by atoms with Crippen LogP contribution < -0.4 is 14.2 Å². The van der Waals surface area contributed by atoms with Crippen LogP contribution in [0.15, 0.2) is 54.6 Å². The lowest BCUT2D eigenvalue weighted by Gasteiger charge is -2.38. The van der Waals surface area contributed by atoms with Crippen LogP contribution in [-0.2, 0) is 6.42 Å². The molecule has 4 rings (SSSR count). The number of hydrogen-bond acceptors (Lipinski definition) is 4. The number of carbonyl (C=O) groups is 1. The average Bonchev–Trinajstić information content (AvgIpc) is 2.83. The van der Waals surface area contributed by atoms with E-state index in [-0.39, 0.29) is 5.56 Å². The molecule has 0 radical (unpaired) electrons. The van der Waals surface area contributed by atoms with E-state index in [1.165, 1.54) is 0 Å². The lowest BCUT2D eigenvalue weighted by molar-refractivity contribution is 0.0688. The topological polar surface area (TPSA) is 48.0 Å². The maximum absolute atomic E-state index is 14.4. The van der Waals surface area contributed by atoms with Gasteiger partial charge in [-0.2, -0.15) is 0 Å². The lowest BCUT2D eigenvalue weighted by Crippen LogP contribution is -2.41. The second-order valence-electron chi connectivity index (χ2n) is 7.45. The number of nitrogens with zero attached hydrogens (tertiary/aromatic N) is 1. The Morgan fingerprint density at radius 2 is 1.59 bits per heavy atom. The van der Waals surface area contributed by atoms with E-state index in [0.29, 0.717) is 30.2 Å². The summed E-state index contributed by atoms with van der Waals surface area (Å²) in [5.41, 5.74) is 2.34. The quantitative estimate of drug-likeness (QED) is 0.574. The van der Waals surface area contributed by atoms with Crippen molar-refractivity contribution in [3.8, 4) is 17.2 Å². The molecule has 32 heavy (non-hydrogen) atoms. The Hall–Kier alpha value is -3.61. The molecule has 1 heterocycles. The standard InChI is InChI=1S/C25H23F2NO4/c1-30-18-7-4-15(5-8-18)24-19-14-23(32-3)22(31-2)12-16(19)10-11-28(24)25(29)20-13-17(26)6-9-21(20)27/h4-9,12-14,24H,10-11H2,1-3H3/t24-/m1/s1. The number of methoxy groups -OCH3 is 3. The molecule has 0 spiro atoms. The molecule has 5 nitrogen and oxygen atoms in total. The number of hydrogen-bond donors (Lipinski definition) is 0. The number of ether oxygens (including phenoxy) is 3. The van der Waals surface area contributed by atoms with Gasteiger partial charge in [-0.15, -0.1) is 0 Å². The first-order chi connectivity index (χ1) is 15.5. The summed E-state index contributed by atoms with van der Waals surface area (Å²) >= 11 is 0. The highest BCUT2D eigenvalue weighted by Crippen LogP contribution is 2.42. The van der Waals surface area contributed by atoms with Gasteiger partial charge in [0.2, 0.25) is 0 Å². The average molecular weight is 439 g/mol. The predicted molar refractivity (Wildman–Crippen MR) is 115 cm³/mol. The summed E-state index contributed by atoms with van der Waals surface area (Å²) in [6, 6.07) is 13.4. The van der Waals surface area contributed by atoms with Crippen LogP contribution in [0.25, 0.3) is 0 Å². The predicted octanol–water partition coefficient (Wildman–Crippen LogP) is 4.78. The fraction of sp³-hybridized carbons (Fsp3) is 0.240. The molecule has 0 bridgehead atoms. The van der Waals surface area contributed by atoms with Crippen LogP contribution in [0.2, 0.25) is 0 Å². The van der Waals surface area contributed by atoms with Gasteiger partial charge in [0.15, 0.2) is 11.5 Å². The van der Waals surface area contributed by atoms with Gasteiger partial charge in [0.05, 0.1) is 32.9 Å². The van der Waals surface area contributed by atoms with Gasteiger partial charge in [0, 0.05) is 6.54 Å². The van der Waals surface area contributed by atoms with Gasteiger partial charge in [-0.1, -0.05) is 12.1 Å². The Bertz CT molecular complexity index is 1150. The first kappa shape index (κ1) is 21.6. The van der Waals surface area contributed by atoms with Crippen molar-refractivity contribution in [2.75, 3.05) is 27.9 Å². The molecule has 166 valence electrons. The SMILES string of the molecule is COc1ccc([C@@H]2c3cc(OC)c(OC)cc3CCN2C(=O)c2cc(F)ccc2F)cc1. The van der Waals surface area contributed by atoms with Crippen LogP contribution in [-0.4, -0.2) is 38.7 Å². The van der Waals surface area contributed by atoms with Gasteiger partial charge in [0.25, 0.3) is 5.91 Å². The maximum atomic E-state index is 14.4. The number of fused-ring (bicyclic) bond motifs is 1. The highest BCUT2D eigenvalue weighted by molar-refractivity contribution is 5.95. The van der Waals surface area contributed by atoms with E-state index < -0.39 is 23.6 Å². The minimum absolute atomic E-state index is 0.299. The summed E-state index contributed by atoms with van der Waals surface area (Å²) in [6.45, 7) is 0.327. The van der Waals surface area contributed by atoms with E-state index in [1.807, 2.05) is 24.3 Å². The molecule has 0 aliphatic carbocycles. The molecule has 0 N–H and O–H groups in total. The third-order valence-corrected chi connectivity index (χ3v) is 5.72. The molecule has 1 amide bonds. The minimum atomic E-state index is -0.761. The van der Waals surface area contributed by atoms with Gasteiger partial charge in [-0.25, -0.2) is 8.78 Å². The van der Waals surface area contributed by atoms with Gasteiger partial charge in [-0.3, -0.25) is 4.79 Å². The molecular weight excluding hydrogens is 416 g/mol. The summed E-state index contributed by atoms with van der Waals surface area (Å²) in [6.07, 6.45) is 0.533. The smallest absolute Gasteiger partial charge is 0.257 e. The van der Waals surface area contributed by atoms with Gasteiger partial charge in [0.1, 0.15) is 17.4 Å². The summed E-state index contributed by atoms with van der Waals surface area (Å²) in [5.74, 6) is -0.219. The van der Waals surface area contributed by atoms with E-state index in [1.54, 1.807) is 38.4 Å². The van der Waals surface area contributed by atoms with Crippen LogP contribution in [0.3, 0.4) is 0 Å². The molecule has 1 aliphatic heterocycles. The van der Waals surface area contributed by atoms with E-state index >= 15 is 0 Å². The molecule has 0 saturated carbocycles. The van der Waals surface area contributed by atoms with Crippen LogP contribution in [0.1, 0.15) is 33.1 Å². The first-order valence-electron chi connectivity index (χ1n) is 10.1. The second kappa shape index (κ2) is 8.86. The number of benzene rings is 3. The zero-order valence-electron chi connectivity index (χ0n) is 18.0. The first-order valence-corrected chi connectivity index (χ1v) is 10.1. The Kier molecular flexibility index (Phi) is 5.99. The molecule has 3 aromatic rings. The molecule has 1 atom stereocenters. The van der Waals surface area contributed by atoms with E-state index in [2.05, 4.69) is 0 Å². The monoisotopic (exact) mass is 439 g/mol. The van der Waals surface area contributed by atoms with Gasteiger partial charge < -0.3 is 19.1 Å². The van der Waals surface area contributed by atoms with E-state index in [0.717, 1.165) is 34.9 Å². The normalized spacial score (nSPS) is 15.2. The Labute approximate surface area is 185 Å². The number of amides is 1. The van der Waals surface area contributed by atoms with Crippen molar-refractivity contribution in [1.29, 1.82) is 0 Å².